The highest BCUT2D eigenvalue weighted by Gasteiger charge is 2.28. The van der Waals surface area contributed by atoms with E-state index in [0.29, 0.717) is 5.92 Å². The Labute approximate surface area is 117 Å². The molecule has 1 unspecified atom stereocenters. The van der Waals surface area contributed by atoms with E-state index in [0.717, 1.165) is 5.57 Å². The van der Waals surface area contributed by atoms with Crippen LogP contribution in [0.5, 0.6) is 0 Å². The van der Waals surface area contributed by atoms with Gasteiger partial charge in [-0.1, -0.05) is 74.9 Å². The lowest BCUT2D eigenvalue weighted by molar-refractivity contribution is 0.567. The van der Waals surface area contributed by atoms with Crippen LogP contribution in [-0.4, -0.2) is 0 Å². The molecule has 0 radical (unpaired) electrons. The van der Waals surface area contributed by atoms with Gasteiger partial charge >= 0.3 is 0 Å². The Kier molecular flexibility index (Phi) is 3.54. The molecule has 0 fully saturated rings. The van der Waals surface area contributed by atoms with Gasteiger partial charge in [0.15, 0.2) is 0 Å². The Morgan fingerprint density at radius 1 is 1.16 bits per heavy atom. The van der Waals surface area contributed by atoms with Crippen molar-refractivity contribution in [2.24, 2.45) is 5.41 Å². The first-order valence-electron chi connectivity index (χ1n) is 6.96. The molecule has 0 aliphatic heterocycles. The molecule has 0 heteroatoms. The van der Waals surface area contributed by atoms with Crippen LogP contribution in [0.15, 0.2) is 54.1 Å². The van der Waals surface area contributed by atoms with Gasteiger partial charge in [-0.2, -0.15) is 0 Å². The van der Waals surface area contributed by atoms with Crippen molar-refractivity contribution < 1.29 is 0 Å². The van der Waals surface area contributed by atoms with Crippen LogP contribution >= 0.6 is 0 Å². The highest BCUT2D eigenvalue weighted by molar-refractivity contribution is 5.78. The SMILES string of the molecule is C=C(C)C(C)=CC1C=C(C(C)(C)C)c2ccccc21. The molecule has 0 spiro atoms. The predicted molar refractivity (Wildman–Crippen MR) is 85.2 cm³/mol. The molecule has 0 aromatic heterocycles. The summed E-state index contributed by atoms with van der Waals surface area (Å²) in [6.45, 7) is 15.1. The molecule has 2 rings (SSSR count). The number of benzene rings is 1. The Hall–Kier alpha value is -1.56. The molecule has 1 aromatic carbocycles. The van der Waals surface area contributed by atoms with Crippen LogP contribution in [0.2, 0.25) is 0 Å². The van der Waals surface area contributed by atoms with Crippen LogP contribution in [0.25, 0.3) is 5.57 Å². The zero-order valence-electron chi connectivity index (χ0n) is 12.7. The third kappa shape index (κ3) is 2.73. The van der Waals surface area contributed by atoms with E-state index in [1.165, 1.54) is 22.3 Å². The van der Waals surface area contributed by atoms with Crippen LogP contribution in [0.3, 0.4) is 0 Å². The van der Waals surface area contributed by atoms with E-state index in [2.05, 4.69) is 77.6 Å². The van der Waals surface area contributed by atoms with Crippen molar-refractivity contribution in [3.8, 4) is 0 Å². The molecule has 0 N–H and O–H groups in total. The normalized spacial score (nSPS) is 19.1. The van der Waals surface area contributed by atoms with Gasteiger partial charge in [-0.15, -0.1) is 0 Å². The number of allylic oxidation sites excluding steroid dienone is 5. The van der Waals surface area contributed by atoms with Crippen molar-refractivity contribution in [1.82, 2.24) is 0 Å². The van der Waals surface area contributed by atoms with Crippen molar-refractivity contribution in [2.75, 3.05) is 0 Å². The van der Waals surface area contributed by atoms with E-state index in [-0.39, 0.29) is 5.41 Å². The van der Waals surface area contributed by atoms with E-state index in [9.17, 15) is 0 Å². The second-order valence-corrected chi connectivity index (χ2v) is 6.57. The van der Waals surface area contributed by atoms with Crippen LogP contribution in [0.1, 0.15) is 51.7 Å². The molecule has 1 aromatic rings. The first-order valence-corrected chi connectivity index (χ1v) is 6.96. The first-order chi connectivity index (χ1) is 8.80. The van der Waals surface area contributed by atoms with E-state index < -0.39 is 0 Å². The van der Waals surface area contributed by atoms with Gasteiger partial charge < -0.3 is 0 Å². The lowest BCUT2D eigenvalue weighted by Gasteiger charge is -2.21. The van der Waals surface area contributed by atoms with Gasteiger partial charge in [0.25, 0.3) is 0 Å². The third-order valence-corrected chi connectivity index (χ3v) is 3.87. The summed E-state index contributed by atoms with van der Waals surface area (Å²) in [7, 11) is 0. The fourth-order valence-corrected chi connectivity index (χ4v) is 2.60. The van der Waals surface area contributed by atoms with Crippen LogP contribution in [0.4, 0.5) is 0 Å². The van der Waals surface area contributed by atoms with E-state index in [1.54, 1.807) is 0 Å². The molecular weight excluding hydrogens is 228 g/mol. The summed E-state index contributed by atoms with van der Waals surface area (Å²) >= 11 is 0. The summed E-state index contributed by atoms with van der Waals surface area (Å²) in [5.74, 6) is 0.391. The van der Waals surface area contributed by atoms with Crippen LogP contribution in [0, 0.1) is 5.41 Å². The molecule has 1 aliphatic carbocycles. The lowest BCUT2D eigenvalue weighted by Crippen LogP contribution is -2.06. The first kappa shape index (κ1) is 13.9. The molecule has 1 aliphatic rings. The van der Waals surface area contributed by atoms with Crippen LogP contribution in [-0.2, 0) is 0 Å². The Bertz CT molecular complexity index is 562. The summed E-state index contributed by atoms with van der Waals surface area (Å²) in [6, 6.07) is 8.76. The largest absolute Gasteiger partial charge is 0.0959 e. The maximum absolute atomic E-state index is 4.03. The van der Waals surface area contributed by atoms with Gasteiger partial charge in [0.2, 0.25) is 0 Å². The van der Waals surface area contributed by atoms with Crippen molar-refractivity contribution in [3.63, 3.8) is 0 Å². The zero-order valence-corrected chi connectivity index (χ0v) is 12.7. The molecular formula is C19H24. The average Bonchev–Trinajstić information content (AvgIpc) is 2.68. The van der Waals surface area contributed by atoms with Crippen molar-refractivity contribution in [3.05, 3.63) is 65.3 Å². The van der Waals surface area contributed by atoms with Gasteiger partial charge in [-0.05, 0) is 36.0 Å². The minimum atomic E-state index is 0.190. The molecule has 0 heterocycles. The number of rotatable bonds is 2. The molecule has 0 amide bonds. The second-order valence-electron chi connectivity index (χ2n) is 6.57. The minimum absolute atomic E-state index is 0.190. The summed E-state index contributed by atoms with van der Waals surface area (Å²) in [5.41, 5.74) is 6.91. The molecule has 0 saturated heterocycles. The number of fused-ring (bicyclic) bond motifs is 1. The number of hydrogen-bond donors (Lipinski definition) is 0. The highest BCUT2D eigenvalue weighted by atomic mass is 14.3. The van der Waals surface area contributed by atoms with Crippen molar-refractivity contribution in [1.29, 1.82) is 0 Å². The second kappa shape index (κ2) is 4.85. The van der Waals surface area contributed by atoms with Gasteiger partial charge in [0, 0.05) is 5.92 Å². The van der Waals surface area contributed by atoms with E-state index in [4.69, 9.17) is 0 Å². The smallest absolute Gasteiger partial charge is 0.0216 e. The minimum Gasteiger partial charge on any atom is -0.0959 e. The van der Waals surface area contributed by atoms with E-state index >= 15 is 0 Å². The molecule has 1 atom stereocenters. The maximum atomic E-state index is 4.03. The van der Waals surface area contributed by atoms with Crippen molar-refractivity contribution in [2.45, 2.75) is 40.5 Å². The van der Waals surface area contributed by atoms with Gasteiger partial charge in [-0.3, -0.25) is 0 Å². The predicted octanol–water partition coefficient (Wildman–Crippen LogP) is 5.74. The third-order valence-electron chi connectivity index (χ3n) is 3.87. The van der Waals surface area contributed by atoms with E-state index in [1.807, 2.05) is 0 Å². The molecule has 0 bridgehead atoms. The number of hydrogen-bond acceptors (Lipinski definition) is 0. The molecule has 0 saturated carbocycles. The monoisotopic (exact) mass is 252 g/mol. The Balaban J connectivity index is 2.51. The topological polar surface area (TPSA) is 0 Å². The highest BCUT2D eigenvalue weighted by Crippen LogP contribution is 2.45. The zero-order chi connectivity index (χ0) is 14.2. The van der Waals surface area contributed by atoms with Gasteiger partial charge in [0.05, 0.1) is 0 Å². The van der Waals surface area contributed by atoms with Gasteiger partial charge in [-0.25, -0.2) is 0 Å². The summed E-state index contributed by atoms with van der Waals surface area (Å²) < 4.78 is 0. The quantitative estimate of drug-likeness (QED) is 0.589. The maximum Gasteiger partial charge on any atom is 0.0216 e. The fourth-order valence-electron chi connectivity index (χ4n) is 2.60. The fraction of sp³-hybridized carbons (Fsp3) is 0.368. The molecule has 100 valence electrons. The Morgan fingerprint density at radius 3 is 2.37 bits per heavy atom. The van der Waals surface area contributed by atoms with Crippen molar-refractivity contribution >= 4 is 5.57 Å². The standard InChI is InChI=1S/C19H24/c1-13(2)14(3)11-15-12-18(19(4,5)6)17-10-8-7-9-16(15)17/h7-12,15H,1H2,2-6H3. The van der Waals surface area contributed by atoms with Gasteiger partial charge in [0.1, 0.15) is 0 Å². The van der Waals surface area contributed by atoms with Crippen LogP contribution < -0.4 is 0 Å². The lowest BCUT2D eigenvalue weighted by atomic mass is 9.83. The molecule has 19 heavy (non-hydrogen) atoms. The average molecular weight is 252 g/mol. The summed E-state index contributed by atoms with van der Waals surface area (Å²) in [5, 5.41) is 0. The Morgan fingerprint density at radius 2 is 1.79 bits per heavy atom. The molecule has 0 nitrogen and oxygen atoms in total. The summed E-state index contributed by atoms with van der Waals surface area (Å²) in [6.07, 6.45) is 4.75. The summed E-state index contributed by atoms with van der Waals surface area (Å²) in [4.78, 5) is 0.